The van der Waals surface area contributed by atoms with Gasteiger partial charge in [0, 0.05) is 12.5 Å². The SMILES string of the molecule is CCCCCCN1CC(O)N(c2nnc(C3CC3)s2)C1=O. The van der Waals surface area contributed by atoms with E-state index >= 15 is 0 Å². The Morgan fingerprint density at radius 2 is 2.10 bits per heavy atom. The van der Waals surface area contributed by atoms with Gasteiger partial charge in [-0.25, -0.2) is 9.69 Å². The molecule has 1 aromatic heterocycles. The molecule has 0 aromatic carbocycles. The highest BCUT2D eigenvalue weighted by atomic mass is 32.1. The van der Waals surface area contributed by atoms with Crippen LogP contribution in [0.5, 0.6) is 0 Å². The van der Waals surface area contributed by atoms with Crippen molar-refractivity contribution >= 4 is 22.5 Å². The van der Waals surface area contributed by atoms with Crippen LogP contribution < -0.4 is 4.90 Å². The first-order valence-electron chi connectivity index (χ1n) is 7.80. The number of carbonyl (C=O) groups is 1. The highest BCUT2D eigenvalue weighted by Crippen LogP contribution is 2.43. The number of nitrogens with zero attached hydrogens (tertiary/aromatic N) is 4. The van der Waals surface area contributed by atoms with E-state index in [0.29, 0.717) is 24.1 Å². The number of amides is 2. The molecule has 3 rings (SSSR count). The molecule has 2 aliphatic rings. The summed E-state index contributed by atoms with van der Waals surface area (Å²) in [5, 5.41) is 19.9. The van der Waals surface area contributed by atoms with Gasteiger partial charge >= 0.3 is 6.03 Å². The number of urea groups is 1. The van der Waals surface area contributed by atoms with Gasteiger partial charge in [-0.3, -0.25) is 0 Å². The minimum Gasteiger partial charge on any atom is -0.371 e. The second-order valence-corrected chi connectivity index (χ2v) is 6.82. The molecule has 1 N–H and O–H groups in total. The topological polar surface area (TPSA) is 69.6 Å². The minimum atomic E-state index is -0.802. The highest BCUT2D eigenvalue weighted by Gasteiger charge is 2.39. The molecule has 0 bridgehead atoms. The lowest BCUT2D eigenvalue weighted by Gasteiger charge is -2.16. The van der Waals surface area contributed by atoms with Crippen LogP contribution in [-0.4, -0.2) is 45.6 Å². The van der Waals surface area contributed by atoms with Gasteiger partial charge in [0.1, 0.15) is 5.01 Å². The van der Waals surface area contributed by atoms with Crippen LogP contribution in [0.1, 0.15) is 56.4 Å². The van der Waals surface area contributed by atoms with Gasteiger partial charge in [0.25, 0.3) is 0 Å². The van der Waals surface area contributed by atoms with Crippen molar-refractivity contribution < 1.29 is 9.90 Å². The van der Waals surface area contributed by atoms with Crippen LogP contribution in [0.25, 0.3) is 0 Å². The van der Waals surface area contributed by atoms with E-state index in [-0.39, 0.29) is 6.03 Å². The number of rotatable bonds is 7. The maximum atomic E-state index is 12.4. The van der Waals surface area contributed by atoms with Gasteiger partial charge in [-0.05, 0) is 19.3 Å². The molecule has 0 radical (unpaired) electrons. The quantitative estimate of drug-likeness (QED) is 0.786. The molecule has 116 valence electrons. The normalized spacial score (nSPS) is 22.4. The monoisotopic (exact) mass is 310 g/mol. The maximum absolute atomic E-state index is 12.4. The van der Waals surface area contributed by atoms with Gasteiger partial charge < -0.3 is 10.0 Å². The number of aliphatic hydroxyl groups excluding tert-OH is 1. The predicted octanol–water partition coefficient (Wildman–Crippen LogP) is 2.56. The van der Waals surface area contributed by atoms with E-state index in [4.69, 9.17) is 0 Å². The molecule has 1 aliphatic heterocycles. The van der Waals surface area contributed by atoms with Gasteiger partial charge in [-0.2, -0.15) is 0 Å². The summed E-state index contributed by atoms with van der Waals surface area (Å²) < 4.78 is 0. The van der Waals surface area contributed by atoms with Crippen molar-refractivity contribution in [1.29, 1.82) is 0 Å². The number of aromatic nitrogens is 2. The fourth-order valence-electron chi connectivity index (χ4n) is 2.58. The van der Waals surface area contributed by atoms with E-state index in [1.165, 1.54) is 29.1 Å². The van der Waals surface area contributed by atoms with E-state index in [9.17, 15) is 9.90 Å². The first-order valence-corrected chi connectivity index (χ1v) is 8.62. The molecule has 1 aliphatic carbocycles. The molecule has 1 aromatic rings. The summed E-state index contributed by atoms with van der Waals surface area (Å²) in [5.41, 5.74) is 0. The number of aliphatic hydroxyl groups is 1. The van der Waals surface area contributed by atoms with E-state index in [2.05, 4.69) is 17.1 Å². The summed E-state index contributed by atoms with van der Waals surface area (Å²) in [5.74, 6) is 0.524. The van der Waals surface area contributed by atoms with E-state index in [1.807, 2.05) is 0 Å². The zero-order chi connectivity index (χ0) is 14.8. The molecule has 1 atom stereocenters. The third kappa shape index (κ3) is 3.18. The molecule has 21 heavy (non-hydrogen) atoms. The maximum Gasteiger partial charge on any atom is 0.328 e. The summed E-state index contributed by atoms with van der Waals surface area (Å²) in [7, 11) is 0. The van der Waals surface area contributed by atoms with Crippen LogP contribution >= 0.6 is 11.3 Å². The first-order chi connectivity index (χ1) is 10.2. The summed E-state index contributed by atoms with van der Waals surface area (Å²) in [4.78, 5) is 15.5. The van der Waals surface area contributed by atoms with Crippen molar-refractivity contribution in [2.24, 2.45) is 0 Å². The lowest BCUT2D eigenvalue weighted by molar-refractivity contribution is 0.176. The second kappa shape index (κ2) is 6.27. The third-order valence-electron chi connectivity index (χ3n) is 4.00. The standard InChI is InChI=1S/C14H22N4O2S/c1-2-3-4-5-8-17-9-11(19)18(14(17)20)13-16-15-12(21-13)10-6-7-10/h10-11,19H,2-9H2,1H3. The number of carbonyl (C=O) groups excluding carboxylic acids is 1. The summed E-state index contributed by atoms with van der Waals surface area (Å²) >= 11 is 1.44. The van der Waals surface area contributed by atoms with Gasteiger partial charge in [0.05, 0.1) is 6.54 Å². The molecule has 1 saturated carbocycles. The molecular weight excluding hydrogens is 288 g/mol. The Balaban J connectivity index is 1.61. The Kier molecular flexibility index (Phi) is 4.40. The van der Waals surface area contributed by atoms with Crippen LogP contribution in [0.4, 0.5) is 9.93 Å². The Hall–Kier alpha value is -1.21. The van der Waals surface area contributed by atoms with Gasteiger partial charge in [0.2, 0.25) is 5.13 Å². The van der Waals surface area contributed by atoms with E-state index in [1.54, 1.807) is 4.90 Å². The average Bonchev–Trinajstić information content (AvgIpc) is 3.14. The lowest BCUT2D eigenvalue weighted by atomic mass is 10.2. The van der Waals surface area contributed by atoms with Crippen molar-refractivity contribution in [3.63, 3.8) is 0 Å². The molecule has 6 nitrogen and oxygen atoms in total. The lowest BCUT2D eigenvalue weighted by Crippen LogP contribution is -2.35. The van der Waals surface area contributed by atoms with E-state index in [0.717, 1.165) is 30.7 Å². The van der Waals surface area contributed by atoms with Crippen LogP contribution in [0.2, 0.25) is 0 Å². The Labute approximate surface area is 128 Å². The summed E-state index contributed by atoms with van der Waals surface area (Å²) in [6.45, 7) is 3.24. The second-order valence-electron chi connectivity index (χ2n) is 5.84. The van der Waals surface area contributed by atoms with Crippen molar-refractivity contribution in [2.75, 3.05) is 18.0 Å². The molecule has 2 fully saturated rings. The van der Waals surface area contributed by atoms with Crippen LogP contribution in [0.15, 0.2) is 0 Å². The number of hydrogen-bond donors (Lipinski definition) is 1. The largest absolute Gasteiger partial charge is 0.371 e. The minimum absolute atomic E-state index is 0.141. The van der Waals surface area contributed by atoms with Crippen molar-refractivity contribution in [1.82, 2.24) is 15.1 Å². The van der Waals surface area contributed by atoms with Gasteiger partial charge in [0.15, 0.2) is 6.23 Å². The van der Waals surface area contributed by atoms with E-state index < -0.39 is 6.23 Å². The van der Waals surface area contributed by atoms with Crippen LogP contribution in [-0.2, 0) is 0 Å². The van der Waals surface area contributed by atoms with Gasteiger partial charge in [-0.1, -0.05) is 37.5 Å². The number of hydrogen-bond acceptors (Lipinski definition) is 5. The number of anilines is 1. The Morgan fingerprint density at radius 3 is 2.81 bits per heavy atom. The average molecular weight is 310 g/mol. The predicted molar refractivity (Wildman–Crippen MR) is 81.5 cm³/mol. The Bertz CT molecular complexity index is 503. The zero-order valence-electron chi connectivity index (χ0n) is 12.4. The fourth-order valence-corrected chi connectivity index (χ4v) is 3.63. The Morgan fingerprint density at radius 1 is 1.29 bits per heavy atom. The molecule has 1 unspecified atom stereocenters. The zero-order valence-corrected chi connectivity index (χ0v) is 13.2. The van der Waals surface area contributed by atoms with Crippen molar-refractivity contribution in [3.05, 3.63) is 5.01 Å². The molecule has 2 amide bonds. The number of β-amino-alcohol motifs (C(OH)–C–C–N with tert-alkyl or cyclic N) is 1. The molecule has 7 heteroatoms. The van der Waals surface area contributed by atoms with Crippen LogP contribution in [0.3, 0.4) is 0 Å². The molecule has 0 spiro atoms. The molecular formula is C14H22N4O2S. The first kappa shape index (κ1) is 14.7. The fraction of sp³-hybridized carbons (Fsp3) is 0.786. The number of unbranched alkanes of at least 4 members (excludes halogenated alkanes) is 3. The smallest absolute Gasteiger partial charge is 0.328 e. The van der Waals surface area contributed by atoms with Crippen LogP contribution in [0, 0.1) is 0 Å². The van der Waals surface area contributed by atoms with Gasteiger partial charge in [-0.15, -0.1) is 10.2 Å². The highest BCUT2D eigenvalue weighted by molar-refractivity contribution is 7.15. The summed E-state index contributed by atoms with van der Waals surface area (Å²) in [6, 6.07) is -0.141. The molecule has 1 saturated heterocycles. The third-order valence-corrected chi connectivity index (χ3v) is 5.09. The molecule has 2 heterocycles. The van der Waals surface area contributed by atoms with Crippen molar-refractivity contribution in [3.8, 4) is 0 Å². The van der Waals surface area contributed by atoms with Crippen molar-refractivity contribution in [2.45, 2.75) is 57.6 Å². The summed E-state index contributed by atoms with van der Waals surface area (Å²) in [6.07, 6.45) is 6.00.